The van der Waals surface area contributed by atoms with Crippen LogP contribution in [0, 0.1) is 5.41 Å². The van der Waals surface area contributed by atoms with Gasteiger partial charge in [0, 0.05) is 31.5 Å². The number of carbonyl (C=O) groups is 2. The highest BCUT2D eigenvalue weighted by molar-refractivity contribution is 5.91. The molecule has 2 saturated heterocycles. The second-order valence-electron chi connectivity index (χ2n) is 9.75. The van der Waals surface area contributed by atoms with Gasteiger partial charge in [-0.25, -0.2) is 0 Å². The minimum atomic E-state index is -0.223. The quantitative estimate of drug-likeness (QED) is 0.646. The Morgan fingerprint density at radius 2 is 1.82 bits per heavy atom. The molecule has 3 heterocycles. The van der Waals surface area contributed by atoms with E-state index in [1.807, 2.05) is 41.6 Å². The average Bonchev–Trinajstić information content (AvgIpc) is 2.88. The number of aromatic nitrogens is 1. The third-order valence-electron chi connectivity index (χ3n) is 7.93. The molecule has 1 unspecified atom stereocenters. The van der Waals surface area contributed by atoms with Gasteiger partial charge in [-0.3, -0.25) is 14.6 Å². The van der Waals surface area contributed by atoms with E-state index in [1.165, 1.54) is 12.0 Å². The van der Waals surface area contributed by atoms with Crippen LogP contribution in [0.5, 0.6) is 5.75 Å². The fraction of sp³-hybridized carbons (Fsp3) is 0.519. The summed E-state index contributed by atoms with van der Waals surface area (Å²) in [5, 5.41) is 0. The molecular formula is C27H33N3O3. The smallest absolute Gasteiger partial charge is 0.232 e. The van der Waals surface area contributed by atoms with Crippen molar-refractivity contribution in [3.8, 4) is 5.75 Å². The lowest BCUT2D eigenvalue weighted by Gasteiger charge is -2.61. The molecule has 5 rings (SSSR count). The molecule has 2 aromatic rings. The summed E-state index contributed by atoms with van der Waals surface area (Å²) in [6.07, 6.45) is 11.2. The van der Waals surface area contributed by atoms with Crippen molar-refractivity contribution in [1.82, 2.24) is 14.8 Å². The van der Waals surface area contributed by atoms with Crippen LogP contribution in [0.2, 0.25) is 0 Å². The molecule has 1 spiro atoms. The molecule has 2 amide bonds. The SMILES string of the molecule is COc1cccc(CC(=O)N2CCC(N3C(=O)C4(CCCCC4)C3c3ccncc3)CC2)c1. The molecule has 6 nitrogen and oxygen atoms in total. The fourth-order valence-electron chi connectivity index (χ4n) is 6.23. The molecule has 1 aromatic heterocycles. The van der Waals surface area contributed by atoms with E-state index >= 15 is 0 Å². The van der Waals surface area contributed by atoms with Crippen LogP contribution in [0.1, 0.15) is 62.1 Å². The summed E-state index contributed by atoms with van der Waals surface area (Å²) in [6.45, 7) is 1.40. The summed E-state index contributed by atoms with van der Waals surface area (Å²) < 4.78 is 5.28. The van der Waals surface area contributed by atoms with Gasteiger partial charge in [0.15, 0.2) is 0 Å². The number of carbonyl (C=O) groups excluding carboxylic acids is 2. The Hall–Kier alpha value is -2.89. The number of β-lactam (4-membered cyclic amide) rings is 1. The summed E-state index contributed by atoms with van der Waals surface area (Å²) in [5.41, 5.74) is 1.96. The molecule has 33 heavy (non-hydrogen) atoms. The number of amides is 2. The lowest BCUT2D eigenvalue weighted by Crippen LogP contribution is -2.67. The zero-order chi connectivity index (χ0) is 22.8. The van der Waals surface area contributed by atoms with Gasteiger partial charge in [0.1, 0.15) is 5.75 Å². The molecule has 2 aliphatic heterocycles. The van der Waals surface area contributed by atoms with E-state index in [-0.39, 0.29) is 23.4 Å². The van der Waals surface area contributed by atoms with Gasteiger partial charge in [0.05, 0.1) is 25.0 Å². The third kappa shape index (κ3) is 4.00. The van der Waals surface area contributed by atoms with Crippen LogP contribution >= 0.6 is 0 Å². The Morgan fingerprint density at radius 1 is 1.09 bits per heavy atom. The standard InChI is InChI=1S/C27H33N3O3/c1-33-23-7-5-6-20(18-23)19-24(31)29-16-10-22(11-17-29)30-25(21-8-14-28-15-9-21)27(26(30)32)12-3-2-4-13-27/h5-9,14-15,18,22,25H,2-4,10-13,16-17,19H2,1H3. The van der Waals surface area contributed by atoms with E-state index in [9.17, 15) is 9.59 Å². The topological polar surface area (TPSA) is 62.7 Å². The van der Waals surface area contributed by atoms with Crippen LogP contribution in [-0.4, -0.2) is 52.8 Å². The first-order chi connectivity index (χ1) is 16.1. The number of piperidine rings is 1. The van der Waals surface area contributed by atoms with Gasteiger partial charge < -0.3 is 14.5 Å². The van der Waals surface area contributed by atoms with Gasteiger partial charge in [-0.2, -0.15) is 0 Å². The second kappa shape index (κ2) is 9.16. The van der Waals surface area contributed by atoms with Crippen LogP contribution in [0.4, 0.5) is 0 Å². The molecule has 1 atom stereocenters. The number of likely N-dealkylation sites (tertiary alicyclic amines) is 2. The van der Waals surface area contributed by atoms with Gasteiger partial charge in [0.2, 0.25) is 11.8 Å². The summed E-state index contributed by atoms with van der Waals surface area (Å²) in [6, 6.07) is 12.2. The fourth-order valence-corrected chi connectivity index (χ4v) is 6.23. The first-order valence-corrected chi connectivity index (χ1v) is 12.3. The minimum Gasteiger partial charge on any atom is -0.497 e. The van der Waals surface area contributed by atoms with E-state index in [4.69, 9.17) is 4.74 Å². The number of hydrogen-bond acceptors (Lipinski definition) is 4. The molecule has 0 N–H and O–H groups in total. The maximum absolute atomic E-state index is 13.6. The molecule has 6 heteroatoms. The van der Waals surface area contributed by atoms with E-state index < -0.39 is 0 Å². The lowest BCUT2D eigenvalue weighted by atomic mass is 9.59. The summed E-state index contributed by atoms with van der Waals surface area (Å²) >= 11 is 0. The molecule has 1 saturated carbocycles. The van der Waals surface area contributed by atoms with E-state index in [1.54, 1.807) is 7.11 Å². The normalized spacial score (nSPS) is 22.8. The first-order valence-electron chi connectivity index (χ1n) is 12.3. The molecule has 174 valence electrons. The number of benzene rings is 1. The monoisotopic (exact) mass is 447 g/mol. The molecule has 0 radical (unpaired) electrons. The predicted octanol–water partition coefficient (Wildman–Crippen LogP) is 4.16. The van der Waals surface area contributed by atoms with Gasteiger partial charge in [0.25, 0.3) is 0 Å². The van der Waals surface area contributed by atoms with Crippen molar-refractivity contribution in [1.29, 1.82) is 0 Å². The van der Waals surface area contributed by atoms with Crippen LogP contribution in [0.25, 0.3) is 0 Å². The Labute approximate surface area is 195 Å². The van der Waals surface area contributed by atoms with Crippen LogP contribution in [0.3, 0.4) is 0 Å². The molecule has 3 fully saturated rings. The van der Waals surface area contributed by atoms with Crippen LogP contribution in [0.15, 0.2) is 48.8 Å². The van der Waals surface area contributed by atoms with Gasteiger partial charge in [-0.1, -0.05) is 31.4 Å². The van der Waals surface area contributed by atoms with Crippen molar-refractivity contribution in [3.05, 3.63) is 59.9 Å². The van der Waals surface area contributed by atoms with Crippen LogP contribution in [-0.2, 0) is 16.0 Å². The average molecular weight is 448 g/mol. The highest BCUT2D eigenvalue weighted by Crippen LogP contribution is 2.59. The lowest BCUT2D eigenvalue weighted by molar-refractivity contribution is -0.186. The van der Waals surface area contributed by atoms with Gasteiger partial charge in [-0.05, 0) is 61.1 Å². The summed E-state index contributed by atoms with van der Waals surface area (Å²) in [7, 11) is 1.64. The maximum Gasteiger partial charge on any atom is 0.232 e. The van der Waals surface area contributed by atoms with Crippen molar-refractivity contribution >= 4 is 11.8 Å². The minimum absolute atomic E-state index is 0.145. The molecule has 0 bridgehead atoms. The maximum atomic E-state index is 13.6. The number of pyridine rings is 1. The largest absolute Gasteiger partial charge is 0.497 e. The highest BCUT2D eigenvalue weighted by Gasteiger charge is 2.62. The molecule has 1 aromatic carbocycles. The van der Waals surface area contributed by atoms with E-state index in [0.717, 1.165) is 49.8 Å². The van der Waals surface area contributed by atoms with Gasteiger partial charge in [-0.15, -0.1) is 0 Å². The first kappa shape index (κ1) is 21.9. The number of ether oxygens (including phenoxy) is 1. The van der Waals surface area contributed by atoms with Crippen LogP contribution < -0.4 is 4.74 Å². The van der Waals surface area contributed by atoms with Crippen molar-refractivity contribution < 1.29 is 14.3 Å². The van der Waals surface area contributed by atoms with Crippen molar-refractivity contribution in [2.24, 2.45) is 5.41 Å². The number of methoxy groups -OCH3 is 1. The van der Waals surface area contributed by atoms with Crippen molar-refractivity contribution in [2.45, 2.75) is 63.5 Å². The van der Waals surface area contributed by atoms with E-state index in [0.29, 0.717) is 25.4 Å². The zero-order valence-corrected chi connectivity index (χ0v) is 19.4. The van der Waals surface area contributed by atoms with Gasteiger partial charge >= 0.3 is 0 Å². The Balaban J connectivity index is 1.26. The Morgan fingerprint density at radius 3 is 2.52 bits per heavy atom. The summed E-state index contributed by atoms with van der Waals surface area (Å²) in [5.74, 6) is 1.25. The zero-order valence-electron chi connectivity index (χ0n) is 19.4. The number of nitrogens with zero attached hydrogens (tertiary/aromatic N) is 3. The Kier molecular flexibility index (Phi) is 6.09. The molecule has 3 aliphatic rings. The molecular weight excluding hydrogens is 414 g/mol. The summed E-state index contributed by atoms with van der Waals surface area (Å²) in [4.78, 5) is 34.8. The van der Waals surface area contributed by atoms with Crippen molar-refractivity contribution in [2.75, 3.05) is 20.2 Å². The third-order valence-corrected chi connectivity index (χ3v) is 7.93. The molecule has 1 aliphatic carbocycles. The van der Waals surface area contributed by atoms with Crippen molar-refractivity contribution in [3.63, 3.8) is 0 Å². The van der Waals surface area contributed by atoms with E-state index in [2.05, 4.69) is 22.0 Å². The number of hydrogen-bond donors (Lipinski definition) is 0. The Bertz CT molecular complexity index is 995. The second-order valence-corrected chi connectivity index (χ2v) is 9.75. The predicted molar refractivity (Wildman–Crippen MR) is 126 cm³/mol. The highest BCUT2D eigenvalue weighted by atomic mass is 16.5. The number of rotatable bonds is 5.